The van der Waals surface area contributed by atoms with Crippen LogP contribution < -0.4 is 5.32 Å². The highest BCUT2D eigenvalue weighted by Gasteiger charge is 2.32. The third-order valence-corrected chi connectivity index (χ3v) is 9.15. The molecule has 1 N–H and O–H groups in total. The number of nitrogens with zero attached hydrogens (tertiary/aromatic N) is 2. The van der Waals surface area contributed by atoms with Crippen LogP contribution >= 0.6 is 11.8 Å². The lowest BCUT2D eigenvalue weighted by molar-refractivity contribution is -0.126. The summed E-state index contributed by atoms with van der Waals surface area (Å²) in [4.78, 5) is 16.5. The van der Waals surface area contributed by atoms with Crippen molar-refractivity contribution in [1.29, 1.82) is 0 Å². The third-order valence-electron chi connectivity index (χ3n) is 6.49. The van der Waals surface area contributed by atoms with Crippen LogP contribution in [0.5, 0.6) is 0 Å². The number of sulfonamides is 1. The largest absolute Gasteiger partial charge is 0.379 e. The van der Waals surface area contributed by atoms with Crippen LogP contribution in [0.15, 0.2) is 58.3 Å². The predicted molar refractivity (Wildman–Crippen MR) is 134 cm³/mol. The Morgan fingerprint density at radius 3 is 2.38 bits per heavy atom. The van der Waals surface area contributed by atoms with Crippen LogP contribution in [0.1, 0.15) is 24.0 Å². The average molecular weight is 504 g/mol. The molecule has 0 aliphatic carbocycles. The van der Waals surface area contributed by atoms with Gasteiger partial charge in [0.15, 0.2) is 0 Å². The van der Waals surface area contributed by atoms with Crippen LogP contribution in [0, 0.1) is 5.92 Å². The number of benzene rings is 2. The van der Waals surface area contributed by atoms with E-state index in [0.29, 0.717) is 37.4 Å². The van der Waals surface area contributed by atoms with Gasteiger partial charge >= 0.3 is 0 Å². The Kier molecular flexibility index (Phi) is 8.65. The Morgan fingerprint density at radius 1 is 1.03 bits per heavy atom. The Labute approximate surface area is 206 Å². The van der Waals surface area contributed by atoms with Gasteiger partial charge in [0.2, 0.25) is 15.9 Å². The number of rotatable bonds is 8. The molecule has 0 saturated carbocycles. The van der Waals surface area contributed by atoms with Crippen molar-refractivity contribution in [2.24, 2.45) is 5.92 Å². The highest BCUT2D eigenvalue weighted by atomic mass is 32.2. The number of hydrogen-bond acceptors (Lipinski definition) is 6. The van der Waals surface area contributed by atoms with Crippen molar-refractivity contribution in [3.05, 3.63) is 59.7 Å². The lowest BCUT2D eigenvalue weighted by atomic mass is 9.97. The quantitative estimate of drug-likeness (QED) is 0.558. The van der Waals surface area contributed by atoms with Gasteiger partial charge in [-0.15, -0.1) is 11.8 Å². The summed E-state index contributed by atoms with van der Waals surface area (Å²) in [6.07, 6.45) is 3.03. The number of hydrogen-bond donors (Lipinski definition) is 1. The van der Waals surface area contributed by atoms with Crippen molar-refractivity contribution >= 4 is 27.7 Å². The molecule has 2 aliphatic rings. The molecule has 2 aromatic rings. The number of thioether (sulfide) groups is 1. The first kappa shape index (κ1) is 25.2. The van der Waals surface area contributed by atoms with E-state index in [0.717, 1.165) is 43.3 Å². The molecule has 2 fully saturated rings. The fraction of sp³-hybridized carbons (Fsp3) is 0.480. The first-order valence-corrected chi connectivity index (χ1v) is 14.4. The molecular weight excluding hydrogens is 470 g/mol. The number of nitrogens with one attached hydrogen (secondary N) is 1. The van der Waals surface area contributed by atoms with Gasteiger partial charge in [0.05, 0.1) is 18.1 Å². The van der Waals surface area contributed by atoms with E-state index in [2.05, 4.69) is 22.3 Å². The molecule has 4 rings (SSSR count). The minimum Gasteiger partial charge on any atom is -0.379 e. The van der Waals surface area contributed by atoms with E-state index in [1.165, 1.54) is 9.87 Å². The molecule has 0 bridgehead atoms. The minimum atomic E-state index is -3.53. The van der Waals surface area contributed by atoms with E-state index in [-0.39, 0.29) is 11.8 Å². The van der Waals surface area contributed by atoms with E-state index >= 15 is 0 Å². The van der Waals surface area contributed by atoms with E-state index in [9.17, 15) is 13.2 Å². The molecule has 2 heterocycles. The van der Waals surface area contributed by atoms with Gasteiger partial charge in [-0.2, -0.15) is 4.31 Å². The topological polar surface area (TPSA) is 79.0 Å². The van der Waals surface area contributed by atoms with Crippen LogP contribution in [0.4, 0.5) is 0 Å². The van der Waals surface area contributed by atoms with Gasteiger partial charge in [0, 0.05) is 50.1 Å². The Balaban J connectivity index is 1.26. The van der Waals surface area contributed by atoms with E-state index in [1.54, 1.807) is 23.9 Å². The second-order valence-corrected chi connectivity index (χ2v) is 11.6. The van der Waals surface area contributed by atoms with Crippen LogP contribution in [-0.4, -0.2) is 69.2 Å². The van der Waals surface area contributed by atoms with Crippen LogP contribution in [0.3, 0.4) is 0 Å². The molecule has 1 amide bonds. The van der Waals surface area contributed by atoms with E-state index in [1.807, 2.05) is 30.5 Å². The maximum Gasteiger partial charge on any atom is 0.243 e. The van der Waals surface area contributed by atoms with Crippen LogP contribution in [0.25, 0.3) is 0 Å². The van der Waals surface area contributed by atoms with Gasteiger partial charge in [-0.3, -0.25) is 9.69 Å². The number of carbonyl (C=O) groups excluding carboxylic acids is 1. The molecule has 2 aromatic carbocycles. The van der Waals surface area contributed by atoms with Crippen molar-refractivity contribution in [3.63, 3.8) is 0 Å². The Morgan fingerprint density at radius 2 is 1.71 bits per heavy atom. The fourth-order valence-electron chi connectivity index (χ4n) is 4.44. The molecule has 0 spiro atoms. The van der Waals surface area contributed by atoms with Crippen molar-refractivity contribution in [3.8, 4) is 0 Å². The predicted octanol–water partition coefficient (Wildman–Crippen LogP) is 2.96. The Bertz CT molecular complexity index is 1060. The third kappa shape index (κ3) is 6.40. The zero-order chi connectivity index (χ0) is 24.0. The molecule has 0 radical (unpaired) electrons. The summed E-state index contributed by atoms with van der Waals surface area (Å²) >= 11 is 1.58. The lowest BCUT2D eigenvalue weighted by Crippen LogP contribution is -2.42. The fourth-order valence-corrected chi connectivity index (χ4v) is 6.32. The summed E-state index contributed by atoms with van der Waals surface area (Å²) in [5.74, 6) is -0.165. The summed E-state index contributed by atoms with van der Waals surface area (Å²) in [6.45, 7) is 5.53. The Hall–Kier alpha value is -1.91. The maximum absolute atomic E-state index is 13.0. The van der Waals surface area contributed by atoms with Gasteiger partial charge in [-0.1, -0.05) is 24.3 Å². The average Bonchev–Trinajstić information content (AvgIpc) is 2.88. The molecule has 0 aromatic heterocycles. The van der Waals surface area contributed by atoms with Crippen molar-refractivity contribution < 1.29 is 17.9 Å². The molecule has 184 valence electrons. The molecule has 2 aliphatic heterocycles. The van der Waals surface area contributed by atoms with Crippen LogP contribution in [-0.2, 0) is 32.6 Å². The molecule has 7 nitrogen and oxygen atoms in total. The monoisotopic (exact) mass is 503 g/mol. The first-order valence-electron chi connectivity index (χ1n) is 11.8. The number of morpholine rings is 1. The number of ether oxygens (including phenoxy) is 1. The number of piperidine rings is 1. The maximum atomic E-state index is 13.0. The number of carbonyl (C=O) groups is 1. The summed E-state index contributed by atoms with van der Waals surface area (Å²) in [5.41, 5.74) is 2.31. The van der Waals surface area contributed by atoms with Gasteiger partial charge in [-0.25, -0.2) is 8.42 Å². The van der Waals surface area contributed by atoms with Crippen molar-refractivity contribution in [2.45, 2.75) is 35.7 Å². The first-order chi connectivity index (χ1) is 16.5. The summed E-state index contributed by atoms with van der Waals surface area (Å²) in [7, 11) is -3.53. The standard InChI is InChI=1S/C25H33N3O4S2/c1-33-23-5-7-24(8-6-23)34(30,31)28-11-9-22(10-12-28)25(29)26-18-20-3-2-4-21(17-20)19-27-13-15-32-16-14-27/h2-8,17,22H,9-16,18-19H2,1H3,(H,26,29). The SMILES string of the molecule is CSc1ccc(S(=O)(=O)N2CCC(C(=O)NCc3cccc(CN4CCOCC4)c3)CC2)cc1. The zero-order valence-corrected chi connectivity index (χ0v) is 21.2. The molecule has 34 heavy (non-hydrogen) atoms. The van der Waals surface area contributed by atoms with Gasteiger partial charge in [0.1, 0.15) is 0 Å². The number of amides is 1. The van der Waals surface area contributed by atoms with Gasteiger partial charge in [-0.05, 0) is 54.5 Å². The van der Waals surface area contributed by atoms with Gasteiger partial charge in [0.25, 0.3) is 0 Å². The van der Waals surface area contributed by atoms with Crippen molar-refractivity contribution in [2.75, 3.05) is 45.6 Å². The molecule has 2 saturated heterocycles. The second kappa shape index (κ2) is 11.7. The molecule has 0 unspecified atom stereocenters. The van der Waals surface area contributed by atoms with E-state index < -0.39 is 10.0 Å². The van der Waals surface area contributed by atoms with Crippen molar-refractivity contribution in [1.82, 2.24) is 14.5 Å². The molecule has 9 heteroatoms. The summed E-state index contributed by atoms with van der Waals surface area (Å²) in [5, 5.41) is 3.05. The highest BCUT2D eigenvalue weighted by molar-refractivity contribution is 7.98. The molecular formula is C25H33N3O4S2. The van der Waals surface area contributed by atoms with E-state index in [4.69, 9.17) is 4.74 Å². The summed E-state index contributed by atoms with van der Waals surface area (Å²) < 4.78 is 32.8. The summed E-state index contributed by atoms with van der Waals surface area (Å²) in [6, 6.07) is 15.3. The second-order valence-electron chi connectivity index (χ2n) is 8.78. The molecule has 0 atom stereocenters. The van der Waals surface area contributed by atoms with Crippen LogP contribution in [0.2, 0.25) is 0 Å². The highest BCUT2D eigenvalue weighted by Crippen LogP contribution is 2.25. The van der Waals surface area contributed by atoms with Gasteiger partial charge < -0.3 is 10.1 Å². The normalized spacial score (nSPS) is 18.6. The lowest BCUT2D eigenvalue weighted by Gasteiger charge is -2.30. The smallest absolute Gasteiger partial charge is 0.243 e. The minimum absolute atomic E-state index is 0.0000428. The zero-order valence-electron chi connectivity index (χ0n) is 19.6.